The molecule has 0 aliphatic heterocycles. The number of Topliss-reactive ketones (excluding diaryl/α,β-unsaturated/α-hetero) is 1. The minimum atomic E-state index is -0.0672. The van der Waals surface area contributed by atoms with E-state index in [1.807, 2.05) is 0 Å². The summed E-state index contributed by atoms with van der Waals surface area (Å²) < 4.78 is 0. The highest BCUT2D eigenvalue weighted by atomic mass is 16.1. The molecule has 1 aromatic rings. The lowest BCUT2D eigenvalue weighted by atomic mass is 9.52. The van der Waals surface area contributed by atoms with Gasteiger partial charge in [-0.1, -0.05) is 44.2 Å². The maximum atomic E-state index is 12.7. The van der Waals surface area contributed by atoms with E-state index in [4.69, 9.17) is 6.58 Å². The van der Waals surface area contributed by atoms with Crippen molar-refractivity contribution in [3.05, 3.63) is 47.5 Å². The maximum Gasteiger partial charge on any atom is 0.163 e. The summed E-state index contributed by atoms with van der Waals surface area (Å²) in [5, 5.41) is 0. The van der Waals surface area contributed by atoms with Crippen LogP contribution in [0.4, 0.5) is 0 Å². The summed E-state index contributed by atoms with van der Waals surface area (Å²) in [6.07, 6.45) is 5.57. The number of fused-ring (bicyclic) bond motifs is 4. The third-order valence-corrected chi connectivity index (χ3v) is 6.25. The molecule has 1 heteroatoms. The average molecular weight is 265 g/mol. The smallest absolute Gasteiger partial charge is 0.163 e. The molecule has 0 aromatic heterocycles. The van der Waals surface area contributed by atoms with Crippen molar-refractivity contribution in [2.24, 2.45) is 17.3 Å². The van der Waals surface area contributed by atoms with E-state index < -0.39 is 0 Å². The van der Waals surface area contributed by atoms with Crippen LogP contribution in [0.2, 0.25) is 0 Å². The molecule has 1 radical (unpaired) electrons. The van der Waals surface area contributed by atoms with Crippen LogP contribution in [-0.4, -0.2) is 5.78 Å². The number of allylic oxidation sites excluding steroid dienone is 1. The van der Waals surface area contributed by atoms with E-state index in [2.05, 4.69) is 31.2 Å². The first-order valence-corrected chi connectivity index (χ1v) is 7.88. The quantitative estimate of drug-likeness (QED) is 0.646. The van der Waals surface area contributed by atoms with E-state index in [0.29, 0.717) is 17.4 Å². The van der Waals surface area contributed by atoms with Crippen molar-refractivity contribution in [2.45, 2.75) is 44.9 Å². The van der Waals surface area contributed by atoms with E-state index in [0.717, 1.165) is 25.7 Å². The standard InChI is InChI=1S/C19H21O/c1-12-18(20)15-8-5-11-19(12,2)16-10-9-13-6-3-4-7-14(13)17(15)16/h1,3-4,6-7,15-17H,5,8-11H2,2H3/t15-,16+,17+,19-/m1/s1. The molecule has 3 fully saturated rings. The van der Waals surface area contributed by atoms with Crippen molar-refractivity contribution in [3.63, 3.8) is 0 Å². The zero-order valence-electron chi connectivity index (χ0n) is 12.1. The molecule has 0 amide bonds. The van der Waals surface area contributed by atoms with E-state index in [9.17, 15) is 4.79 Å². The monoisotopic (exact) mass is 265 g/mol. The molecule has 0 saturated heterocycles. The van der Waals surface area contributed by atoms with Crippen molar-refractivity contribution in [1.82, 2.24) is 0 Å². The molecule has 4 aliphatic carbocycles. The van der Waals surface area contributed by atoms with Crippen molar-refractivity contribution in [1.29, 1.82) is 0 Å². The molecule has 0 unspecified atom stereocenters. The summed E-state index contributed by atoms with van der Waals surface area (Å²) in [5.41, 5.74) is 3.50. The third-order valence-electron chi connectivity index (χ3n) is 6.25. The van der Waals surface area contributed by atoms with E-state index >= 15 is 0 Å². The van der Waals surface area contributed by atoms with Gasteiger partial charge in [-0.05, 0) is 54.1 Å². The highest BCUT2D eigenvalue weighted by Gasteiger charge is 2.55. The Morgan fingerprint density at radius 1 is 1.25 bits per heavy atom. The van der Waals surface area contributed by atoms with E-state index in [1.165, 1.54) is 17.5 Å². The van der Waals surface area contributed by atoms with Crippen LogP contribution in [0, 0.1) is 23.8 Å². The molecular formula is C19H21O. The Bertz CT molecular complexity index is 600. The van der Waals surface area contributed by atoms with Crippen molar-refractivity contribution in [3.8, 4) is 0 Å². The fourth-order valence-corrected chi connectivity index (χ4v) is 5.17. The second kappa shape index (κ2) is 4.07. The summed E-state index contributed by atoms with van der Waals surface area (Å²) in [4.78, 5) is 12.7. The first-order chi connectivity index (χ1) is 9.63. The molecule has 103 valence electrons. The number of aryl methyl sites for hydroxylation is 1. The van der Waals surface area contributed by atoms with Gasteiger partial charge in [-0.25, -0.2) is 0 Å². The summed E-state index contributed by atoms with van der Waals surface area (Å²) >= 11 is 0. The zero-order valence-corrected chi connectivity index (χ0v) is 12.1. The summed E-state index contributed by atoms with van der Waals surface area (Å²) in [5.74, 6) is 1.36. The van der Waals surface area contributed by atoms with Crippen molar-refractivity contribution < 1.29 is 4.79 Å². The fourth-order valence-electron chi connectivity index (χ4n) is 5.17. The lowest BCUT2D eigenvalue weighted by Gasteiger charge is -2.50. The number of hydrogen-bond donors (Lipinski definition) is 0. The van der Waals surface area contributed by atoms with E-state index in [-0.39, 0.29) is 17.1 Å². The summed E-state index contributed by atoms with van der Waals surface area (Å²) in [6, 6.07) is 8.74. The lowest BCUT2D eigenvalue weighted by Crippen LogP contribution is -2.46. The minimum absolute atomic E-state index is 0.0672. The van der Waals surface area contributed by atoms with Crippen LogP contribution in [0.15, 0.2) is 29.8 Å². The molecule has 20 heavy (non-hydrogen) atoms. The highest BCUT2D eigenvalue weighted by molar-refractivity contribution is 5.99. The number of rotatable bonds is 0. The van der Waals surface area contributed by atoms with Crippen LogP contribution in [0.3, 0.4) is 0 Å². The Kier molecular flexibility index (Phi) is 2.52. The Hall–Kier alpha value is -1.37. The van der Waals surface area contributed by atoms with Crippen LogP contribution >= 0.6 is 0 Å². The van der Waals surface area contributed by atoms with Gasteiger partial charge in [0.1, 0.15) is 0 Å². The second-order valence-corrected chi connectivity index (χ2v) is 7.06. The Morgan fingerprint density at radius 3 is 2.90 bits per heavy atom. The molecule has 4 atom stereocenters. The van der Waals surface area contributed by atoms with Gasteiger partial charge in [0, 0.05) is 11.5 Å². The Balaban J connectivity index is 1.92. The highest BCUT2D eigenvalue weighted by Crippen LogP contribution is 2.61. The molecule has 1 aromatic carbocycles. The normalized spacial score (nSPS) is 39.1. The molecule has 4 aliphatic rings. The van der Waals surface area contributed by atoms with Gasteiger partial charge in [-0.3, -0.25) is 4.79 Å². The predicted molar refractivity (Wildman–Crippen MR) is 79.3 cm³/mol. The molecular weight excluding hydrogens is 244 g/mol. The zero-order chi connectivity index (χ0) is 13.9. The second-order valence-electron chi connectivity index (χ2n) is 7.06. The lowest BCUT2D eigenvalue weighted by molar-refractivity contribution is -0.124. The average Bonchev–Trinajstić information content (AvgIpc) is 2.69. The van der Waals surface area contributed by atoms with Gasteiger partial charge in [-0.15, -0.1) is 0 Å². The van der Waals surface area contributed by atoms with Crippen molar-refractivity contribution in [2.75, 3.05) is 0 Å². The Morgan fingerprint density at radius 2 is 2.05 bits per heavy atom. The van der Waals surface area contributed by atoms with Gasteiger partial charge >= 0.3 is 0 Å². The van der Waals surface area contributed by atoms with Gasteiger partial charge < -0.3 is 0 Å². The summed E-state index contributed by atoms with van der Waals surface area (Å²) in [6.45, 7) is 8.54. The van der Waals surface area contributed by atoms with Gasteiger partial charge in [0.2, 0.25) is 0 Å². The Labute approximate surface area is 121 Å². The third kappa shape index (κ3) is 1.41. The molecule has 0 heterocycles. The molecule has 0 N–H and O–H groups in total. The largest absolute Gasteiger partial charge is 0.294 e. The van der Waals surface area contributed by atoms with Gasteiger partial charge in [0.15, 0.2) is 5.78 Å². The minimum Gasteiger partial charge on any atom is -0.294 e. The number of carbonyl (C=O) groups excluding carboxylic acids is 1. The number of carbonyl (C=O) groups is 1. The van der Waals surface area contributed by atoms with Gasteiger partial charge in [-0.2, -0.15) is 0 Å². The predicted octanol–water partition coefficient (Wildman–Crippen LogP) is 4.08. The van der Waals surface area contributed by atoms with Crippen LogP contribution < -0.4 is 0 Å². The van der Waals surface area contributed by atoms with Crippen molar-refractivity contribution >= 4 is 5.78 Å². The SMILES string of the molecule is [CH]=C1C(=O)[C@@H]2CCC[C@@]1(C)[C@H]1CCc3ccccc3[C@@H]21. The fraction of sp³-hybridized carbons (Fsp3) is 0.526. The van der Waals surface area contributed by atoms with Crippen LogP contribution in [0.25, 0.3) is 0 Å². The maximum absolute atomic E-state index is 12.7. The molecule has 1 nitrogen and oxygen atoms in total. The molecule has 3 saturated carbocycles. The number of benzene rings is 1. The first kappa shape index (κ1) is 12.4. The molecule has 5 rings (SSSR count). The first-order valence-electron chi connectivity index (χ1n) is 7.88. The van der Waals surface area contributed by atoms with Crippen LogP contribution in [-0.2, 0) is 11.2 Å². The number of hydrogen-bond acceptors (Lipinski definition) is 1. The molecule has 2 bridgehead atoms. The van der Waals surface area contributed by atoms with Gasteiger partial charge in [0.05, 0.1) is 0 Å². The number of ketones is 1. The van der Waals surface area contributed by atoms with Crippen LogP contribution in [0.5, 0.6) is 0 Å². The van der Waals surface area contributed by atoms with Crippen LogP contribution in [0.1, 0.15) is 49.7 Å². The summed E-state index contributed by atoms with van der Waals surface area (Å²) in [7, 11) is 0. The van der Waals surface area contributed by atoms with E-state index in [1.54, 1.807) is 0 Å². The topological polar surface area (TPSA) is 17.1 Å². The van der Waals surface area contributed by atoms with Gasteiger partial charge in [0.25, 0.3) is 0 Å². The molecule has 0 spiro atoms.